The van der Waals surface area contributed by atoms with Crippen LogP contribution >= 0.6 is 0 Å². The van der Waals surface area contributed by atoms with Gasteiger partial charge in [-0.2, -0.15) is 18.3 Å². The quantitative estimate of drug-likeness (QED) is 0.252. The Kier molecular flexibility index (Phi) is 7.72. The Balaban J connectivity index is 2.47. The monoisotopic (exact) mass is 373 g/mol. The van der Waals surface area contributed by atoms with Gasteiger partial charge in [0, 0.05) is 30.7 Å². The van der Waals surface area contributed by atoms with Gasteiger partial charge in [-0.15, -0.1) is 0 Å². The lowest BCUT2D eigenvalue weighted by atomic mass is 10.1. The van der Waals surface area contributed by atoms with Crippen molar-refractivity contribution in [2.75, 3.05) is 5.32 Å². The number of rotatable bonds is 7. The summed E-state index contributed by atoms with van der Waals surface area (Å²) in [7, 11) is 0. The molecule has 1 aromatic carbocycles. The number of hydrogen-bond acceptors (Lipinski definition) is 5. The molecule has 11 heteroatoms. The summed E-state index contributed by atoms with van der Waals surface area (Å²) in [5.74, 6) is 3.92. The molecule has 1 rings (SSSR count). The third-order valence-corrected chi connectivity index (χ3v) is 3.04. The summed E-state index contributed by atoms with van der Waals surface area (Å²) in [6, 6.07) is 3.44. The molecule has 0 unspecified atom stereocenters. The van der Waals surface area contributed by atoms with Gasteiger partial charge in [0.2, 0.25) is 5.91 Å². The normalized spacial score (nSPS) is 11.7. The molecule has 0 bridgehead atoms. The molecule has 0 aliphatic heterocycles. The van der Waals surface area contributed by atoms with Gasteiger partial charge in [0.25, 0.3) is 0 Å². The number of amides is 3. The van der Waals surface area contributed by atoms with Crippen LogP contribution in [0.5, 0.6) is 0 Å². The highest BCUT2D eigenvalue weighted by Crippen LogP contribution is 2.30. The molecule has 8 nitrogen and oxygen atoms in total. The zero-order valence-electron chi connectivity index (χ0n) is 13.8. The molecule has 0 aliphatic carbocycles. The molecule has 0 saturated carbocycles. The number of hydrogen-bond donors (Lipinski definition) is 4. The molecule has 3 amide bonds. The molecule has 142 valence electrons. The van der Waals surface area contributed by atoms with Crippen molar-refractivity contribution < 1.29 is 27.6 Å². The van der Waals surface area contributed by atoms with Crippen LogP contribution in [-0.4, -0.2) is 23.4 Å². The molecule has 0 aliphatic rings. The van der Waals surface area contributed by atoms with E-state index in [-0.39, 0.29) is 30.7 Å². The number of hydrazone groups is 1. The Bertz CT molecular complexity index is 704. The second kappa shape index (κ2) is 9.51. The van der Waals surface area contributed by atoms with E-state index in [4.69, 9.17) is 5.84 Å². The average Bonchev–Trinajstić information content (AvgIpc) is 2.57. The zero-order valence-corrected chi connectivity index (χ0v) is 13.8. The Morgan fingerprint density at radius 1 is 1.19 bits per heavy atom. The van der Waals surface area contributed by atoms with Crippen LogP contribution in [0.1, 0.15) is 31.7 Å². The Hall–Kier alpha value is -2.95. The van der Waals surface area contributed by atoms with E-state index in [1.54, 1.807) is 5.43 Å². The maximum Gasteiger partial charge on any atom is 0.416 e. The summed E-state index contributed by atoms with van der Waals surface area (Å²) in [6.45, 7) is 1.50. The summed E-state index contributed by atoms with van der Waals surface area (Å²) in [4.78, 5) is 34.3. The Labute approximate surface area is 147 Å². The first kappa shape index (κ1) is 21.1. The largest absolute Gasteiger partial charge is 0.416 e. The summed E-state index contributed by atoms with van der Waals surface area (Å²) in [6.07, 6.45) is -4.93. The molecule has 26 heavy (non-hydrogen) atoms. The number of alkyl halides is 3. The first-order chi connectivity index (χ1) is 12.1. The second-order valence-electron chi connectivity index (χ2n) is 5.27. The number of nitrogens with two attached hydrogens (primary N) is 1. The predicted octanol–water partition coefficient (Wildman–Crippen LogP) is 1.93. The lowest BCUT2D eigenvalue weighted by Gasteiger charge is -2.09. The van der Waals surface area contributed by atoms with Gasteiger partial charge in [-0.1, -0.05) is 6.07 Å². The first-order valence-corrected chi connectivity index (χ1v) is 7.40. The van der Waals surface area contributed by atoms with E-state index in [0.29, 0.717) is 5.71 Å². The van der Waals surface area contributed by atoms with Crippen molar-refractivity contribution in [2.24, 2.45) is 10.9 Å². The number of carbonyl (C=O) groups excluding carboxylic acids is 3. The van der Waals surface area contributed by atoms with Gasteiger partial charge in [-0.3, -0.25) is 15.0 Å². The number of benzene rings is 1. The summed E-state index contributed by atoms with van der Waals surface area (Å²) >= 11 is 0. The van der Waals surface area contributed by atoms with Crippen LogP contribution in [0.15, 0.2) is 29.4 Å². The molecule has 0 radical (unpaired) electrons. The van der Waals surface area contributed by atoms with Crippen molar-refractivity contribution in [3.8, 4) is 0 Å². The highest BCUT2D eigenvalue weighted by atomic mass is 19.4. The van der Waals surface area contributed by atoms with E-state index in [0.717, 1.165) is 12.1 Å². The number of anilines is 1. The molecule has 0 atom stereocenters. The number of halogens is 3. The molecule has 0 fully saturated rings. The van der Waals surface area contributed by atoms with Gasteiger partial charge in [-0.05, 0) is 25.1 Å². The van der Waals surface area contributed by atoms with Gasteiger partial charge >= 0.3 is 12.2 Å². The number of nitrogens with zero attached hydrogens (tertiary/aromatic N) is 1. The molecule has 5 N–H and O–H groups in total. The van der Waals surface area contributed by atoms with Gasteiger partial charge in [0.1, 0.15) is 5.78 Å². The number of urea groups is 1. The molecule has 0 aromatic heterocycles. The van der Waals surface area contributed by atoms with Gasteiger partial charge in [0.05, 0.1) is 5.56 Å². The molecule has 0 spiro atoms. The van der Waals surface area contributed by atoms with Crippen molar-refractivity contribution in [2.45, 2.75) is 32.4 Å². The second-order valence-corrected chi connectivity index (χ2v) is 5.27. The standard InChI is InChI=1S/C15H18F3N5O3/c1-9(22-23-14(26)21-19)7-12(24)5-6-13(25)20-11-4-2-3-10(8-11)15(16,17)18/h2-4,8H,5-7,19H2,1H3,(H,20,25)(H2,21,23,26)/b22-9+. The van der Waals surface area contributed by atoms with Crippen molar-refractivity contribution in [1.82, 2.24) is 10.9 Å². The fourth-order valence-electron chi connectivity index (χ4n) is 1.84. The van der Waals surface area contributed by atoms with Crippen LogP contribution in [0.25, 0.3) is 0 Å². The number of Topliss-reactive ketones (excluding diaryl/α,β-unsaturated/α-hetero) is 1. The van der Waals surface area contributed by atoms with Gasteiger partial charge < -0.3 is 5.32 Å². The van der Waals surface area contributed by atoms with Crippen molar-refractivity contribution in [3.05, 3.63) is 29.8 Å². The van der Waals surface area contributed by atoms with Crippen molar-refractivity contribution in [1.29, 1.82) is 0 Å². The predicted molar refractivity (Wildman–Crippen MR) is 87.9 cm³/mol. The summed E-state index contributed by atoms with van der Waals surface area (Å²) in [5.41, 5.74) is 3.24. The van der Waals surface area contributed by atoms with Crippen LogP contribution in [0, 0.1) is 0 Å². The lowest BCUT2D eigenvalue weighted by Crippen LogP contribution is -2.37. The van der Waals surface area contributed by atoms with E-state index in [1.165, 1.54) is 19.1 Å². The van der Waals surface area contributed by atoms with Crippen LogP contribution in [0.3, 0.4) is 0 Å². The van der Waals surface area contributed by atoms with E-state index in [2.05, 4.69) is 10.4 Å². The van der Waals surface area contributed by atoms with E-state index in [1.807, 2.05) is 5.43 Å². The summed E-state index contributed by atoms with van der Waals surface area (Å²) in [5, 5.41) is 5.92. The average molecular weight is 373 g/mol. The van der Waals surface area contributed by atoms with Crippen LogP contribution in [-0.2, 0) is 15.8 Å². The van der Waals surface area contributed by atoms with Crippen molar-refractivity contribution >= 4 is 29.1 Å². The third-order valence-electron chi connectivity index (χ3n) is 3.04. The highest BCUT2D eigenvalue weighted by molar-refractivity contribution is 6.02. The van der Waals surface area contributed by atoms with E-state index < -0.39 is 23.7 Å². The van der Waals surface area contributed by atoms with Gasteiger partial charge in [0.15, 0.2) is 0 Å². The van der Waals surface area contributed by atoms with E-state index in [9.17, 15) is 27.6 Å². The molecule has 0 heterocycles. The smallest absolute Gasteiger partial charge is 0.326 e. The van der Waals surface area contributed by atoms with Crippen LogP contribution in [0.4, 0.5) is 23.7 Å². The minimum atomic E-state index is -4.51. The topological polar surface area (TPSA) is 126 Å². The molecule has 0 saturated heterocycles. The number of nitrogens with one attached hydrogen (secondary N) is 3. The molecular formula is C15H18F3N5O3. The van der Waals surface area contributed by atoms with Gasteiger partial charge in [-0.25, -0.2) is 16.1 Å². The third kappa shape index (κ3) is 7.75. The SMILES string of the molecule is C/C(CC(=O)CCC(=O)Nc1cccc(C(F)(F)F)c1)=N\NC(=O)NN. The number of ketones is 1. The highest BCUT2D eigenvalue weighted by Gasteiger charge is 2.30. The maximum atomic E-state index is 12.6. The van der Waals surface area contributed by atoms with Crippen LogP contribution in [0.2, 0.25) is 0 Å². The first-order valence-electron chi connectivity index (χ1n) is 7.40. The maximum absolute atomic E-state index is 12.6. The minimum Gasteiger partial charge on any atom is -0.326 e. The van der Waals surface area contributed by atoms with Crippen LogP contribution < -0.4 is 22.0 Å². The van der Waals surface area contributed by atoms with Crippen molar-refractivity contribution in [3.63, 3.8) is 0 Å². The Morgan fingerprint density at radius 3 is 2.50 bits per heavy atom. The fourth-order valence-corrected chi connectivity index (χ4v) is 1.84. The zero-order chi connectivity index (χ0) is 19.7. The fraction of sp³-hybridized carbons (Fsp3) is 0.333. The summed E-state index contributed by atoms with van der Waals surface area (Å²) < 4.78 is 37.8. The van der Waals surface area contributed by atoms with E-state index >= 15 is 0 Å². The number of carbonyl (C=O) groups is 3. The molecular weight excluding hydrogens is 355 g/mol. The Morgan fingerprint density at radius 2 is 1.88 bits per heavy atom. The minimum absolute atomic E-state index is 0.00739. The number of hydrazine groups is 1. The lowest BCUT2D eigenvalue weighted by molar-refractivity contribution is -0.137. The molecule has 1 aromatic rings.